The van der Waals surface area contributed by atoms with Crippen molar-refractivity contribution in [3.8, 4) is 6.01 Å². The Hall–Kier alpha value is -1.16. The summed E-state index contributed by atoms with van der Waals surface area (Å²) in [6.45, 7) is 2.85. The number of aromatic nitrogens is 2. The minimum atomic E-state index is -0.147. The second kappa shape index (κ2) is 4.18. The summed E-state index contributed by atoms with van der Waals surface area (Å²) in [5.74, 6) is 0. The first-order chi connectivity index (χ1) is 6.09. The summed E-state index contributed by atoms with van der Waals surface area (Å²) in [6, 6.07) is -0.147. The van der Waals surface area contributed by atoms with Crippen LogP contribution in [0, 0.1) is 6.92 Å². The average Bonchev–Trinajstić information content (AvgIpc) is 2.02. The highest BCUT2D eigenvalue weighted by Gasteiger charge is 2.02. The van der Waals surface area contributed by atoms with Crippen LogP contribution in [0.5, 0.6) is 6.01 Å². The van der Waals surface area contributed by atoms with Gasteiger partial charge in [0, 0.05) is 18.4 Å². The molecule has 0 atom stereocenters. The number of nitrogens with zero attached hydrogens (tertiary/aromatic N) is 3. The summed E-state index contributed by atoms with van der Waals surface area (Å²) in [7, 11) is 4.05. The molecule has 0 aliphatic carbocycles. The highest BCUT2D eigenvalue weighted by Crippen LogP contribution is 2.07. The van der Waals surface area contributed by atoms with Crippen LogP contribution >= 0.6 is 0 Å². The van der Waals surface area contributed by atoms with Gasteiger partial charge in [-0.1, -0.05) is 0 Å². The second-order valence-electron chi connectivity index (χ2n) is 3.33. The van der Waals surface area contributed by atoms with Crippen LogP contribution in [0.4, 0.5) is 0 Å². The lowest BCUT2D eigenvalue weighted by molar-refractivity contribution is 0.409. The topological polar surface area (TPSA) is 49.3 Å². The molecule has 4 nitrogen and oxygen atoms in total. The second-order valence-corrected chi connectivity index (χ2v) is 3.33. The van der Waals surface area contributed by atoms with Gasteiger partial charge in [0.25, 0.3) is 0 Å². The molecule has 0 unspecified atom stereocenters. The Kier molecular flexibility index (Phi) is 3.19. The summed E-state index contributed by atoms with van der Waals surface area (Å²) in [5.41, 5.74) is 1.95. The number of hydrogen-bond donors (Lipinski definition) is 1. The Bertz CT molecular complexity index is 286. The Labute approximate surface area is 78.2 Å². The van der Waals surface area contributed by atoms with E-state index >= 15 is 0 Å². The van der Waals surface area contributed by atoms with Gasteiger partial charge in [-0.2, -0.15) is 0 Å². The summed E-state index contributed by atoms with van der Waals surface area (Å²) < 4.78 is 0. The molecular formula is C9H15N3O. The van der Waals surface area contributed by atoms with E-state index in [0.29, 0.717) is 0 Å². The van der Waals surface area contributed by atoms with Crippen molar-refractivity contribution in [2.75, 3.05) is 20.6 Å². The zero-order chi connectivity index (χ0) is 9.84. The molecule has 13 heavy (non-hydrogen) atoms. The van der Waals surface area contributed by atoms with E-state index < -0.39 is 0 Å². The molecule has 1 aromatic rings. The summed E-state index contributed by atoms with van der Waals surface area (Å²) >= 11 is 0. The van der Waals surface area contributed by atoms with E-state index in [9.17, 15) is 0 Å². The Morgan fingerprint density at radius 3 is 2.69 bits per heavy atom. The first-order valence-corrected chi connectivity index (χ1v) is 4.26. The van der Waals surface area contributed by atoms with Crippen LogP contribution in [0.2, 0.25) is 0 Å². The number of likely N-dealkylation sites (N-methyl/N-ethyl adjacent to an activating group) is 1. The fourth-order valence-corrected chi connectivity index (χ4v) is 1.07. The molecule has 0 saturated heterocycles. The zero-order valence-electron chi connectivity index (χ0n) is 8.28. The maximum absolute atomic E-state index is 8.98. The van der Waals surface area contributed by atoms with Crippen molar-refractivity contribution < 1.29 is 5.11 Å². The molecule has 1 aromatic heterocycles. The third kappa shape index (κ3) is 2.99. The molecule has 0 aromatic carbocycles. The lowest BCUT2D eigenvalue weighted by atomic mass is 10.2. The van der Waals surface area contributed by atoms with E-state index in [4.69, 9.17) is 5.11 Å². The molecule has 4 heteroatoms. The highest BCUT2D eigenvalue weighted by molar-refractivity contribution is 5.17. The lowest BCUT2D eigenvalue weighted by Crippen LogP contribution is -2.15. The van der Waals surface area contributed by atoms with Crippen molar-refractivity contribution in [1.82, 2.24) is 14.9 Å². The highest BCUT2D eigenvalue weighted by atomic mass is 16.3. The van der Waals surface area contributed by atoms with E-state index in [1.807, 2.05) is 21.0 Å². The molecule has 1 rings (SSSR count). The first-order valence-electron chi connectivity index (χ1n) is 4.26. The van der Waals surface area contributed by atoms with Crippen molar-refractivity contribution in [2.45, 2.75) is 13.3 Å². The molecule has 0 saturated carbocycles. The molecule has 0 fully saturated rings. The monoisotopic (exact) mass is 181 g/mol. The van der Waals surface area contributed by atoms with Gasteiger partial charge in [0.05, 0.1) is 0 Å². The number of aryl methyl sites for hydroxylation is 1. The van der Waals surface area contributed by atoms with Crippen LogP contribution in [0.1, 0.15) is 11.3 Å². The maximum atomic E-state index is 8.98. The van der Waals surface area contributed by atoms with Crippen LogP contribution in [-0.4, -0.2) is 40.6 Å². The van der Waals surface area contributed by atoms with E-state index in [1.54, 1.807) is 6.20 Å². The molecule has 0 aliphatic heterocycles. The van der Waals surface area contributed by atoms with Gasteiger partial charge in [0.2, 0.25) is 0 Å². The molecule has 0 aliphatic rings. The predicted octanol–water partition coefficient (Wildman–Crippen LogP) is 0.595. The molecule has 1 heterocycles. The fraction of sp³-hybridized carbons (Fsp3) is 0.556. The Morgan fingerprint density at radius 2 is 2.15 bits per heavy atom. The molecule has 72 valence electrons. The van der Waals surface area contributed by atoms with Crippen LogP contribution in [-0.2, 0) is 6.42 Å². The van der Waals surface area contributed by atoms with Gasteiger partial charge in [0.1, 0.15) is 0 Å². The van der Waals surface area contributed by atoms with Gasteiger partial charge in [-0.25, -0.2) is 9.97 Å². The van der Waals surface area contributed by atoms with Gasteiger partial charge in [0.15, 0.2) is 0 Å². The van der Waals surface area contributed by atoms with Gasteiger partial charge in [-0.05, 0) is 33.0 Å². The largest absolute Gasteiger partial charge is 0.479 e. The molecule has 0 amide bonds. The first kappa shape index (κ1) is 9.92. The SMILES string of the molecule is Cc1nc(O)ncc1CCN(C)C. The third-order valence-electron chi connectivity index (χ3n) is 1.90. The van der Waals surface area contributed by atoms with Crippen LogP contribution < -0.4 is 0 Å². The van der Waals surface area contributed by atoms with E-state index in [2.05, 4.69) is 14.9 Å². The summed E-state index contributed by atoms with van der Waals surface area (Å²) in [6.07, 6.45) is 2.60. The Morgan fingerprint density at radius 1 is 1.46 bits per heavy atom. The van der Waals surface area contributed by atoms with Crippen molar-refractivity contribution in [1.29, 1.82) is 0 Å². The van der Waals surface area contributed by atoms with E-state index in [-0.39, 0.29) is 6.01 Å². The quantitative estimate of drug-likeness (QED) is 0.741. The van der Waals surface area contributed by atoms with E-state index in [1.165, 1.54) is 0 Å². The van der Waals surface area contributed by atoms with Gasteiger partial charge in [-0.3, -0.25) is 0 Å². The maximum Gasteiger partial charge on any atom is 0.314 e. The minimum Gasteiger partial charge on any atom is -0.479 e. The lowest BCUT2D eigenvalue weighted by Gasteiger charge is -2.09. The van der Waals surface area contributed by atoms with Crippen molar-refractivity contribution in [2.24, 2.45) is 0 Å². The van der Waals surface area contributed by atoms with Gasteiger partial charge in [-0.15, -0.1) is 0 Å². The van der Waals surface area contributed by atoms with Gasteiger partial charge >= 0.3 is 6.01 Å². The standard InChI is InChI=1S/C9H15N3O/c1-7-8(4-5-12(2)3)6-10-9(13)11-7/h6H,4-5H2,1-3H3,(H,10,11,13). The van der Waals surface area contributed by atoms with Crippen LogP contribution in [0.15, 0.2) is 6.20 Å². The fourth-order valence-electron chi connectivity index (χ4n) is 1.07. The average molecular weight is 181 g/mol. The van der Waals surface area contributed by atoms with Crippen LogP contribution in [0.25, 0.3) is 0 Å². The van der Waals surface area contributed by atoms with Crippen molar-refractivity contribution in [3.63, 3.8) is 0 Å². The molecule has 0 spiro atoms. The molecule has 0 radical (unpaired) electrons. The third-order valence-corrected chi connectivity index (χ3v) is 1.90. The number of hydrogen-bond acceptors (Lipinski definition) is 4. The van der Waals surface area contributed by atoms with Crippen molar-refractivity contribution >= 4 is 0 Å². The normalized spacial score (nSPS) is 10.8. The zero-order valence-corrected chi connectivity index (χ0v) is 8.28. The minimum absolute atomic E-state index is 0.147. The van der Waals surface area contributed by atoms with Crippen molar-refractivity contribution in [3.05, 3.63) is 17.5 Å². The number of rotatable bonds is 3. The molecular weight excluding hydrogens is 166 g/mol. The van der Waals surface area contributed by atoms with E-state index in [0.717, 1.165) is 24.2 Å². The van der Waals surface area contributed by atoms with Crippen LogP contribution in [0.3, 0.4) is 0 Å². The summed E-state index contributed by atoms with van der Waals surface area (Å²) in [4.78, 5) is 9.72. The Balaban J connectivity index is 2.67. The smallest absolute Gasteiger partial charge is 0.314 e. The van der Waals surface area contributed by atoms with Gasteiger partial charge < -0.3 is 10.0 Å². The summed E-state index contributed by atoms with van der Waals surface area (Å²) in [5, 5.41) is 8.98. The molecule has 1 N–H and O–H groups in total. The molecule has 0 bridgehead atoms. The number of aromatic hydroxyl groups is 1. The predicted molar refractivity (Wildman–Crippen MR) is 50.7 cm³/mol.